The van der Waals surface area contributed by atoms with E-state index in [-0.39, 0.29) is 6.10 Å². The standard InChI is InChI=1S/C28H40N2O5/c1-6-10-23(35-27-20-22(14-15-29)19-26(32-4)28(27)33-5)13-8-16-30(2)17-9-18-34-25-12-7-11-24(21-25)31-3/h7,11-12,19-21,23H,6,8-10,13-14,16-18H2,1-5H3. The molecule has 2 aromatic carbocycles. The Bertz CT molecular complexity index is 928. The lowest BCUT2D eigenvalue weighted by atomic mass is 10.1. The lowest BCUT2D eigenvalue weighted by molar-refractivity contribution is 0.162. The van der Waals surface area contributed by atoms with Crippen LogP contribution in [0.3, 0.4) is 0 Å². The summed E-state index contributed by atoms with van der Waals surface area (Å²) in [4.78, 5) is 2.33. The van der Waals surface area contributed by atoms with Crippen LogP contribution in [-0.2, 0) is 6.42 Å². The summed E-state index contributed by atoms with van der Waals surface area (Å²) in [6.07, 6.45) is 5.25. The molecule has 0 radical (unpaired) electrons. The second kappa shape index (κ2) is 15.7. The molecule has 0 aromatic heterocycles. The lowest BCUT2D eigenvalue weighted by Crippen LogP contribution is -2.25. The van der Waals surface area contributed by atoms with Gasteiger partial charge in [-0.05, 0) is 69.1 Å². The van der Waals surface area contributed by atoms with E-state index in [4.69, 9.17) is 28.9 Å². The van der Waals surface area contributed by atoms with E-state index < -0.39 is 0 Å². The molecular formula is C28H40N2O5. The van der Waals surface area contributed by atoms with Crippen molar-refractivity contribution >= 4 is 0 Å². The summed E-state index contributed by atoms with van der Waals surface area (Å²) in [5, 5.41) is 9.11. The normalized spacial score (nSPS) is 11.6. The molecule has 7 heteroatoms. The van der Waals surface area contributed by atoms with E-state index in [9.17, 15) is 0 Å². The fourth-order valence-corrected chi connectivity index (χ4v) is 3.94. The summed E-state index contributed by atoms with van der Waals surface area (Å²) in [7, 11) is 7.00. The summed E-state index contributed by atoms with van der Waals surface area (Å²) in [6, 6.07) is 13.6. The smallest absolute Gasteiger partial charge is 0.203 e. The van der Waals surface area contributed by atoms with Gasteiger partial charge in [-0.1, -0.05) is 19.4 Å². The molecule has 0 aliphatic heterocycles. The van der Waals surface area contributed by atoms with E-state index in [1.54, 1.807) is 21.3 Å². The monoisotopic (exact) mass is 484 g/mol. The third-order valence-electron chi connectivity index (χ3n) is 5.75. The molecule has 0 fully saturated rings. The molecule has 0 heterocycles. The Morgan fingerprint density at radius 2 is 1.66 bits per heavy atom. The molecule has 0 spiro atoms. The second-order valence-electron chi connectivity index (χ2n) is 8.52. The van der Waals surface area contributed by atoms with Crippen molar-refractivity contribution in [3.63, 3.8) is 0 Å². The number of rotatable bonds is 17. The number of ether oxygens (including phenoxy) is 5. The van der Waals surface area contributed by atoms with Crippen LogP contribution < -0.4 is 23.7 Å². The van der Waals surface area contributed by atoms with Crippen LogP contribution in [0.2, 0.25) is 0 Å². The van der Waals surface area contributed by atoms with E-state index in [2.05, 4.69) is 24.9 Å². The molecule has 0 bridgehead atoms. The van der Waals surface area contributed by atoms with Crippen molar-refractivity contribution in [3.05, 3.63) is 42.0 Å². The quantitative estimate of drug-likeness (QED) is 0.274. The van der Waals surface area contributed by atoms with Crippen LogP contribution in [-0.4, -0.2) is 59.1 Å². The van der Waals surface area contributed by atoms with Crippen LogP contribution in [0.1, 0.15) is 44.6 Å². The van der Waals surface area contributed by atoms with Gasteiger partial charge in [0.2, 0.25) is 5.75 Å². The van der Waals surface area contributed by atoms with E-state index in [1.165, 1.54) is 0 Å². The van der Waals surface area contributed by atoms with Gasteiger partial charge in [-0.15, -0.1) is 0 Å². The minimum Gasteiger partial charge on any atom is -0.497 e. The van der Waals surface area contributed by atoms with Crippen LogP contribution in [0.5, 0.6) is 28.7 Å². The zero-order valence-electron chi connectivity index (χ0n) is 21.8. The highest BCUT2D eigenvalue weighted by atomic mass is 16.5. The SMILES string of the molecule is CCCC(CCCN(C)CCCOc1cccc(OC)c1)Oc1cc(CC#N)cc(OC)c1OC. The Kier molecular flexibility index (Phi) is 12.6. The summed E-state index contributed by atoms with van der Waals surface area (Å²) in [5.41, 5.74) is 0.853. The molecule has 2 rings (SSSR count). The largest absolute Gasteiger partial charge is 0.497 e. The first-order valence-electron chi connectivity index (χ1n) is 12.3. The summed E-state index contributed by atoms with van der Waals surface area (Å²) >= 11 is 0. The van der Waals surface area contributed by atoms with Crippen LogP contribution in [0, 0.1) is 11.3 Å². The highest BCUT2D eigenvalue weighted by Crippen LogP contribution is 2.39. The molecule has 0 aliphatic carbocycles. The van der Waals surface area contributed by atoms with Crippen LogP contribution in [0.4, 0.5) is 0 Å². The average Bonchev–Trinajstić information content (AvgIpc) is 2.86. The van der Waals surface area contributed by atoms with Gasteiger partial charge in [0.1, 0.15) is 11.5 Å². The first-order valence-corrected chi connectivity index (χ1v) is 12.3. The first kappa shape index (κ1) is 28.1. The minimum absolute atomic E-state index is 0.0701. The molecule has 0 saturated heterocycles. The molecule has 192 valence electrons. The van der Waals surface area contributed by atoms with Gasteiger partial charge in [0.25, 0.3) is 0 Å². The van der Waals surface area contributed by atoms with Gasteiger partial charge in [0, 0.05) is 12.6 Å². The van der Waals surface area contributed by atoms with E-state index in [0.29, 0.717) is 30.3 Å². The zero-order chi connectivity index (χ0) is 25.5. The third kappa shape index (κ3) is 9.58. The van der Waals surface area contributed by atoms with Gasteiger partial charge >= 0.3 is 0 Å². The Hall–Kier alpha value is -3.11. The molecule has 0 amide bonds. The zero-order valence-corrected chi connectivity index (χ0v) is 21.8. The van der Waals surface area contributed by atoms with Crippen LogP contribution in [0.15, 0.2) is 36.4 Å². The Morgan fingerprint density at radius 3 is 2.34 bits per heavy atom. The number of hydrogen-bond acceptors (Lipinski definition) is 7. The fourth-order valence-electron chi connectivity index (χ4n) is 3.94. The number of methoxy groups -OCH3 is 3. The van der Waals surface area contributed by atoms with E-state index in [1.807, 2.05) is 36.4 Å². The van der Waals surface area contributed by atoms with Crippen molar-refractivity contribution in [2.45, 2.75) is 51.6 Å². The molecule has 2 aromatic rings. The summed E-state index contributed by atoms with van der Waals surface area (Å²) in [6.45, 7) is 4.77. The number of nitriles is 1. The highest BCUT2D eigenvalue weighted by Gasteiger charge is 2.18. The fraction of sp³-hybridized carbons (Fsp3) is 0.536. The predicted molar refractivity (Wildman–Crippen MR) is 138 cm³/mol. The Balaban J connectivity index is 1.82. The maximum Gasteiger partial charge on any atom is 0.203 e. The van der Waals surface area contributed by atoms with Gasteiger partial charge < -0.3 is 28.6 Å². The molecule has 7 nitrogen and oxygen atoms in total. The maximum absolute atomic E-state index is 9.11. The Labute approximate surface area is 210 Å². The molecule has 0 N–H and O–H groups in total. The average molecular weight is 485 g/mol. The van der Waals surface area contributed by atoms with Crippen LogP contribution >= 0.6 is 0 Å². The third-order valence-corrected chi connectivity index (χ3v) is 5.75. The van der Waals surface area contributed by atoms with Gasteiger partial charge in [-0.2, -0.15) is 5.26 Å². The second-order valence-corrected chi connectivity index (χ2v) is 8.52. The molecule has 0 saturated carbocycles. The molecule has 0 aliphatic rings. The predicted octanol–water partition coefficient (Wildman–Crippen LogP) is 5.51. The van der Waals surface area contributed by atoms with Gasteiger partial charge in [-0.3, -0.25) is 0 Å². The van der Waals surface area contributed by atoms with Gasteiger partial charge in [0.15, 0.2) is 11.5 Å². The topological polar surface area (TPSA) is 73.2 Å². The number of benzene rings is 2. The molecule has 35 heavy (non-hydrogen) atoms. The minimum atomic E-state index is 0.0701. The van der Waals surface area contributed by atoms with Crippen LogP contribution in [0.25, 0.3) is 0 Å². The lowest BCUT2D eigenvalue weighted by Gasteiger charge is -2.23. The van der Waals surface area contributed by atoms with Crippen molar-refractivity contribution in [2.24, 2.45) is 0 Å². The maximum atomic E-state index is 9.11. The van der Waals surface area contributed by atoms with Crippen molar-refractivity contribution in [1.29, 1.82) is 5.26 Å². The number of nitrogens with zero attached hydrogens (tertiary/aromatic N) is 2. The first-order chi connectivity index (χ1) is 17.0. The summed E-state index contributed by atoms with van der Waals surface area (Å²) in [5.74, 6) is 3.43. The van der Waals surface area contributed by atoms with Crippen molar-refractivity contribution in [3.8, 4) is 34.8 Å². The van der Waals surface area contributed by atoms with E-state index in [0.717, 1.165) is 62.3 Å². The van der Waals surface area contributed by atoms with Crippen molar-refractivity contribution < 1.29 is 23.7 Å². The Morgan fingerprint density at radius 1 is 0.914 bits per heavy atom. The molecule has 1 atom stereocenters. The van der Waals surface area contributed by atoms with Gasteiger partial charge in [0.05, 0.1) is 46.5 Å². The molecular weight excluding hydrogens is 444 g/mol. The molecule has 1 unspecified atom stereocenters. The highest BCUT2D eigenvalue weighted by molar-refractivity contribution is 5.54. The summed E-state index contributed by atoms with van der Waals surface area (Å²) < 4.78 is 28.5. The van der Waals surface area contributed by atoms with Crippen molar-refractivity contribution in [2.75, 3.05) is 48.1 Å². The van der Waals surface area contributed by atoms with Crippen molar-refractivity contribution in [1.82, 2.24) is 4.90 Å². The van der Waals surface area contributed by atoms with E-state index >= 15 is 0 Å². The number of hydrogen-bond donors (Lipinski definition) is 0. The van der Waals surface area contributed by atoms with Gasteiger partial charge in [-0.25, -0.2) is 0 Å².